The summed E-state index contributed by atoms with van der Waals surface area (Å²) in [5.74, 6) is -0.159. The first-order valence-electron chi connectivity index (χ1n) is 4.60. The van der Waals surface area contributed by atoms with Crippen LogP contribution in [-0.2, 0) is 6.18 Å². The lowest BCUT2D eigenvalue weighted by Crippen LogP contribution is -2.12. The first-order valence-corrected chi connectivity index (χ1v) is 5.39. The number of H-pyrrole nitrogens is 1. The third-order valence-corrected chi connectivity index (χ3v) is 2.71. The molecule has 1 aromatic heterocycles. The predicted molar refractivity (Wildman–Crippen MR) is 63.2 cm³/mol. The Kier molecular flexibility index (Phi) is 3.07. The topological polar surface area (TPSA) is 59.6 Å². The summed E-state index contributed by atoms with van der Waals surface area (Å²) < 4.78 is 39.7. The lowest BCUT2D eigenvalue weighted by atomic mass is 10.1. The van der Waals surface area contributed by atoms with Crippen LogP contribution in [0.15, 0.2) is 18.2 Å². The van der Waals surface area contributed by atoms with Crippen molar-refractivity contribution < 1.29 is 13.2 Å². The van der Waals surface area contributed by atoms with Gasteiger partial charge in [-0.2, -0.15) is 13.2 Å². The van der Waals surface area contributed by atoms with Crippen molar-refractivity contribution in [3.05, 3.63) is 33.6 Å². The zero-order chi connectivity index (χ0) is 13.5. The van der Waals surface area contributed by atoms with Crippen molar-refractivity contribution in [3.63, 3.8) is 0 Å². The molecule has 9 heteroatoms. The summed E-state index contributed by atoms with van der Waals surface area (Å²) in [5, 5.41) is 5.85. The molecule has 0 amide bonds. The lowest BCUT2D eigenvalue weighted by Gasteiger charge is -2.14. The van der Waals surface area contributed by atoms with Crippen LogP contribution < -0.4 is 5.73 Å². The zero-order valence-corrected chi connectivity index (χ0v) is 10.2. The molecule has 0 aliphatic heterocycles. The van der Waals surface area contributed by atoms with Gasteiger partial charge in [-0.15, -0.1) is 5.10 Å². The van der Waals surface area contributed by atoms with Crippen LogP contribution in [0.5, 0.6) is 0 Å². The van der Waals surface area contributed by atoms with Crippen LogP contribution >= 0.6 is 23.8 Å². The molecule has 0 radical (unpaired) electrons. The van der Waals surface area contributed by atoms with E-state index in [-0.39, 0.29) is 21.4 Å². The van der Waals surface area contributed by atoms with Gasteiger partial charge in [0.25, 0.3) is 0 Å². The fraction of sp³-hybridized carbons (Fsp3) is 0.111. The number of rotatable bonds is 1. The number of nitrogens with one attached hydrogen (secondary N) is 1. The van der Waals surface area contributed by atoms with E-state index in [1.165, 1.54) is 12.1 Å². The van der Waals surface area contributed by atoms with Crippen molar-refractivity contribution in [2.75, 3.05) is 5.73 Å². The molecule has 96 valence electrons. The molecule has 2 aromatic rings. The largest absolute Gasteiger partial charge is 0.418 e. The Hall–Kier alpha value is -1.54. The van der Waals surface area contributed by atoms with E-state index in [0.717, 1.165) is 10.6 Å². The van der Waals surface area contributed by atoms with Crippen LogP contribution in [0.25, 0.3) is 5.69 Å². The monoisotopic (exact) mass is 294 g/mol. The van der Waals surface area contributed by atoms with Gasteiger partial charge in [0.05, 0.1) is 11.3 Å². The first-order chi connectivity index (χ1) is 8.30. The van der Waals surface area contributed by atoms with Crippen LogP contribution in [0.4, 0.5) is 19.1 Å². The van der Waals surface area contributed by atoms with Crippen molar-refractivity contribution >= 4 is 29.8 Å². The minimum absolute atomic E-state index is 0.0275. The van der Waals surface area contributed by atoms with E-state index in [0.29, 0.717) is 0 Å². The fourth-order valence-electron chi connectivity index (χ4n) is 1.47. The standard InChI is InChI=1S/C9H6ClF3N4S/c10-4-1-2-6(5(3-4)9(11,12)13)17-7(14)15-16-8(17)18/h1-3H,(H2,14,15)(H,16,18). The molecule has 0 fully saturated rings. The van der Waals surface area contributed by atoms with Crippen LogP contribution in [0.1, 0.15) is 5.56 Å². The molecular formula is C9H6ClF3N4S. The Balaban J connectivity index is 2.77. The second-order valence-electron chi connectivity index (χ2n) is 3.38. The molecule has 0 atom stereocenters. The van der Waals surface area contributed by atoms with Crippen molar-refractivity contribution in [2.45, 2.75) is 6.18 Å². The number of hydrogen-bond acceptors (Lipinski definition) is 3. The summed E-state index contributed by atoms with van der Waals surface area (Å²) in [6, 6.07) is 3.32. The third kappa shape index (κ3) is 2.21. The molecule has 1 aromatic carbocycles. The van der Waals surface area contributed by atoms with E-state index < -0.39 is 11.7 Å². The van der Waals surface area contributed by atoms with Gasteiger partial charge in [-0.25, -0.2) is 5.10 Å². The molecule has 0 aliphatic rings. The first kappa shape index (κ1) is 12.9. The van der Waals surface area contributed by atoms with Crippen molar-refractivity contribution in [2.24, 2.45) is 0 Å². The minimum atomic E-state index is -4.57. The van der Waals surface area contributed by atoms with E-state index in [1.54, 1.807) is 0 Å². The molecule has 0 aliphatic carbocycles. The maximum atomic E-state index is 12.9. The van der Waals surface area contributed by atoms with Crippen molar-refractivity contribution in [3.8, 4) is 5.69 Å². The molecule has 0 spiro atoms. The van der Waals surface area contributed by atoms with E-state index in [2.05, 4.69) is 10.2 Å². The fourth-order valence-corrected chi connectivity index (χ4v) is 1.88. The minimum Gasteiger partial charge on any atom is -0.368 e. The predicted octanol–water partition coefficient (Wildman–Crippen LogP) is 3.18. The summed E-state index contributed by atoms with van der Waals surface area (Å²) >= 11 is 10.4. The Bertz CT molecular complexity index is 646. The summed E-state index contributed by atoms with van der Waals surface area (Å²) in [6.45, 7) is 0. The SMILES string of the molecule is Nc1n[nH]c(=S)n1-c1ccc(Cl)cc1C(F)(F)F. The van der Waals surface area contributed by atoms with Crippen LogP contribution in [0, 0.1) is 4.77 Å². The van der Waals surface area contributed by atoms with Crippen LogP contribution in [0.2, 0.25) is 5.02 Å². The van der Waals surface area contributed by atoms with Gasteiger partial charge >= 0.3 is 6.18 Å². The van der Waals surface area contributed by atoms with Crippen LogP contribution in [-0.4, -0.2) is 14.8 Å². The Morgan fingerprint density at radius 1 is 1.39 bits per heavy atom. The second kappa shape index (κ2) is 4.29. The number of anilines is 1. The maximum Gasteiger partial charge on any atom is 0.418 e. The third-order valence-electron chi connectivity index (χ3n) is 2.20. The summed E-state index contributed by atoms with van der Waals surface area (Å²) in [4.78, 5) is 0. The average molecular weight is 295 g/mol. The molecule has 3 N–H and O–H groups in total. The highest BCUT2D eigenvalue weighted by Gasteiger charge is 2.34. The lowest BCUT2D eigenvalue weighted by molar-refractivity contribution is -0.137. The van der Waals surface area contributed by atoms with Crippen LogP contribution in [0.3, 0.4) is 0 Å². The highest BCUT2D eigenvalue weighted by atomic mass is 35.5. The normalized spacial score (nSPS) is 11.8. The molecule has 18 heavy (non-hydrogen) atoms. The number of nitrogens with zero attached hydrogens (tertiary/aromatic N) is 2. The number of aromatic amines is 1. The summed E-state index contributed by atoms with van der Waals surface area (Å²) in [7, 11) is 0. The Morgan fingerprint density at radius 2 is 2.06 bits per heavy atom. The summed E-state index contributed by atoms with van der Waals surface area (Å²) in [5.41, 5.74) is 4.33. The molecule has 1 heterocycles. The number of halogens is 4. The molecule has 0 saturated carbocycles. The average Bonchev–Trinajstić information content (AvgIpc) is 2.58. The van der Waals surface area contributed by atoms with Crippen molar-refractivity contribution in [1.82, 2.24) is 14.8 Å². The number of benzene rings is 1. The number of nitrogens with two attached hydrogens (primary N) is 1. The van der Waals surface area contributed by atoms with Crippen molar-refractivity contribution in [1.29, 1.82) is 0 Å². The van der Waals surface area contributed by atoms with E-state index in [1.807, 2.05) is 0 Å². The van der Waals surface area contributed by atoms with Gasteiger partial charge < -0.3 is 5.73 Å². The van der Waals surface area contributed by atoms with E-state index in [9.17, 15) is 13.2 Å². The highest BCUT2D eigenvalue weighted by molar-refractivity contribution is 7.71. The second-order valence-corrected chi connectivity index (χ2v) is 4.20. The van der Waals surface area contributed by atoms with Gasteiger partial charge in [-0.05, 0) is 30.4 Å². The van der Waals surface area contributed by atoms with Gasteiger partial charge in [0, 0.05) is 5.02 Å². The smallest absolute Gasteiger partial charge is 0.368 e. The Labute approximate surface area is 109 Å². The molecule has 2 rings (SSSR count). The molecule has 0 saturated heterocycles. The van der Waals surface area contributed by atoms with E-state index >= 15 is 0 Å². The number of nitrogen functional groups attached to an aromatic ring is 1. The van der Waals surface area contributed by atoms with Gasteiger partial charge in [0.2, 0.25) is 10.7 Å². The van der Waals surface area contributed by atoms with Gasteiger partial charge in [-0.3, -0.25) is 4.57 Å². The molecule has 4 nitrogen and oxygen atoms in total. The molecule has 0 bridgehead atoms. The molecule has 0 unspecified atom stereocenters. The number of alkyl halides is 3. The maximum absolute atomic E-state index is 12.9. The highest BCUT2D eigenvalue weighted by Crippen LogP contribution is 2.36. The number of hydrogen-bond donors (Lipinski definition) is 2. The van der Waals surface area contributed by atoms with Gasteiger partial charge in [0.1, 0.15) is 0 Å². The quantitative estimate of drug-likeness (QED) is 0.794. The zero-order valence-electron chi connectivity index (χ0n) is 8.62. The Morgan fingerprint density at radius 3 is 2.56 bits per heavy atom. The van der Waals surface area contributed by atoms with Gasteiger partial charge in [-0.1, -0.05) is 11.6 Å². The number of aromatic nitrogens is 3. The summed E-state index contributed by atoms with van der Waals surface area (Å²) in [6.07, 6.45) is -4.57. The van der Waals surface area contributed by atoms with Gasteiger partial charge in [0.15, 0.2) is 0 Å². The molecular weight excluding hydrogens is 289 g/mol. The van der Waals surface area contributed by atoms with E-state index in [4.69, 9.17) is 29.6 Å².